The number of carbonyl (C=O) groups excluding carboxylic acids is 1. The molecule has 148 valence electrons. The van der Waals surface area contributed by atoms with E-state index in [2.05, 4.69) is 15.4 Å². The lowest BCUT2D eigenvalue weighted by atomic mass is 9.99. The van der Waals surface area contributed by atoms with Gasteiger partial charge in [0, 0.05) is 18.1 Å². The van der Waals surface area contributed by atoms with Crippen molar-refractivity contribution in [1.29, 1.82) is 0 Å². The molecule has 7 heteroatoms. The first-order valence-electron chi connectivity index (χ1n) is 9.66. The summed E-state index contributed by atoms with van der Waals surface area (Å²) in [7, 11) is -3.77. The molecule has 2 aliphatic heterocycles. The van der Waals surface area contributed by atoms with Crippen LogP contribution in [0.15, 0.2) is 53.4 Å². The van der Waals surface area contributed by atoms with Gasteiger partial charge in [0.2, 0.25) is 0 Å². The fraction of sp³-hybridized carbons (Fsp3) is 0.381. The van der Waals surface area contributed by atoms with Crippen LogP contribution in [0.5, 0.6) is 0 Å². The highest BCUT2D eigenvalue weighted by Gasteiger charge is 2.34. The molecule has 0 spiro atoms. The Hall–Kier alpha value is -2.38. The summed E-state index contributed by atoms with van der Waals surface area (Å²) in [6.07, 6.45) is 4.15. The van der Waals surface area contributed by atoms with Gasteiger partial charge in [-0.05, 0) is 56.9 Å². The molecule has 0 aromatic heterocycles. The van der Waals surface area contributed by atoms with E-state index in [0.29, 0.717) is 17.6 Å². The van der Waals surface area contributed by atoms with Crippen molar-refractivity contribution in [1.82, 2.24) is 10.6 Å². The van der Waals surface area contributed by atoms with E-state index in [-0.39, 0.29) is 22.5 Å². The highest BCUT2D eigenvalue weighted by Crippen LogP contribution is 2.27. The first kappa shape index (κ1) is 19.0. The number of carbonyl (C=O) groups is 1. The predicted molar refractivity (Wildman–Crippen MR) is 109 cm³/mol. The summed E-state index contributed by atoms with van der Waals surface area (Å²) < 4.78 is 28.0. The van der Waals surface area contributed by atoms with Crippen LogP contribution in [0.25, 0.3) is 0 Å². The maximum absolute atomic E-state index is 12.9. The highest BCUT2D eigenvalue weighted by atomic mass is 32.2. The largest absolute Gasteiger partial charge is 0.349 e. The molecule has 2 fully saturated rings. The van der Waals surface area contributed by atoms with Crippen LogP contribution in [0.3, 0.4) is 0 Å². The molecule has 2 aliphatic rings. The summed E-state index contributed by atoms with van der Waals surface area (Å²) in [5.41, 5.74) is 1.61. The van der Waals surface area contributed by atoms with E-state index in [9.17, 15) is 13.2 Å². The molecule has 0 saturated carbocycles. The summed E-state index contributed by atoms with van der Waals surface area (Å²) in [4.78, 5) is 13.0. The van der Waals surface area contributed by atoms with Crippen molar-refractivity contribution in [2.45, 2.75) is 55.6 Å². The number of para-hydroxylation sites is 1. The number of hydrogen-bond acceptors (Lipinski definition) is 4. The molecule has 6 nitrogen and oxygen atoms in total. The van der Waals surface area contributed by atoms with Gasteiger partial charge in [0.15, 0.2) is 0 Å². The molecular formula is C21H25N3O3S. The molecule has 2 saturated heterocycles. The van der Waals surface area contributed by atoms with Gasteiger partial charge in [0.05, 0.1) is 16.1 Å². The second-order valence-corrected chi connectivity index (χ2v) is 9.43. The molecule has 2 aromatic rings. The Morgan fingerprint density at radius 2 is 1.64 bits per heavy atom. The zero-order chi connectivity index (χ0) is 19.7. The third kappa shape index (κ3) is 4.05. The van der Waals surface area contributed by atoms with Gasteiger partial charge < -0.3 is 10.6 Å². The molecule has 0 aliphatic carbocycles. The van der Waals surface area contributed by atoms with Gasteiger partial charge in [-0.15, -0.1) is 0 Å². The van der Waals surface area contributed by atoms with Gasteiger partial charge in [-0.3, -0.25) is 9.52 Å². The molecule has 1 amide bonds. The van der Waals surface area contributed by atoms with Crippen LogP contribution in [0.2, 0.25) is 0 Å². The third-order valence-corrected chi connectivity index (χ3v) is 6.94. The summed E-state index contributed by atoms with van der Waals surface area (Å²) in [6, 6.07) is 14.4. The molecule has 3 N–H and O–H groups in total. The van der Waals surface area contributed by atoms with Crippen molar-refractivity contribution >= 4 is 21.6 Å². The average Bonchev–Trinajstić information content (AvgIpc) is 3.00. The monoisotopic (exact) mass is 399 g/mol. The van der Waals surface area contributed by atoms with Crippen LogP contribution in [-0.4, -0.2) is 32.5 Å². The first-order valence-corrected chi connectivity index (χ1v) is 11.1. The van der Waals surface area contributed by atoms with Crippen molar-refractivity contribution in [3.8, 4) is 0 Å². The van der Waals surface area contributed by atoms with Crippen LogP contribution >= 0.6 is 0 Å². The van der Waals surface area contributed by atoms with E-state index in [1.165, 1.54) is 0 Å². The SMILES string of the molecule is Cc1ccc(S(=O)(=O)Nc2ccccc2C(=O)NC2CC3CCC(C2)N3)cc1. The predicted octanol–water partition coefficient (Wildman–Crippen LogP) is 2.81. The summed E-state index contributed by atoms with van der Waals surface area (Å²) in [5.74, 6) is -0.242. The highest BCUT2D eigenvalue weighted by molar-refractivity contribution is 7.92. The van der Waals surface area contributed by atoms with Crippen LogP contribution < -0.4 is 15.4 Å². The van der Waals surface area contributed by atoms with Gasteiger partial charge in [-0.25, -0.2) is 8.42 Å². The topological polar surface area (TPSA) is 87.3 Å². The molecule has 2 aromatic carbocycles. The van der Waals surface area contributed by atoms with E-state index in [0.717, 1.165) is 31.2 Å². The number of nitrogens with one attached hydrogen (secondary N) is 3. The van der Waals surface area contributed by atoms with E-state index < -0.39 is 10.0 Å². The minimum absolute atomic E-state index is 0.119. The Morgan fingerprint density at radius 1 is 1.00 bits per heavy atom. The van der Waals surface area contributed by atoms with E-state index in [4.69, 9.17) is 0 Å². The van der Waals surface area contributed by atoms with Crippen LogP contribution in [0.1, 0.15) is 41.6 Å². The lowest BCUT2D eigenvalue weighted by molar-refractivity contribution is 0.0925. The molecule has 2 atom stereocenters. The molecule has 4 rings (SSSR count). The van der Waals surface area contributed by atoms with Gasteiger partial charge >= 0.3 is 0 Å². The number of piperidine rings is 1. The second-order valence-electron chi connectivity index (χ2n) is 7.74. The number of anilines is 1. The Labute approximate surface area is 165 Å². The minimum atomic E-state index is -3.77. The van der Waals surface area contributed by atoms with Gasteiger partial charge in [0.1, 0.15) is 0 Å². The van der Waals surface area contributed by atoms with Crippen molar-refractivity contribution in [3.05, 3.63) is 59.7 Å². The third-order valence-electron chi connectivity index (χ3n) is 5.56. The van der Waals surface area contributed by atoms with Crippen LogP contribution in [0.4, 0.5) is 5.69 Å². The lowest BCUT2D eigenvalue weighted by Gasteiger charge is -2.29. The summed E-state index contributed by atoms with van der Waals surface area (Å²) in [6.45, 7) is 1.90. The number of fused-ring (bicyclic) bond motifs is 2. The van der Waals surface area contributed by atoms with Crippen LogP contribution in [0, 0.1) is 6.92 Å². The zero-order valence-electron chi connectivity index (χ0n) is 15.8. The lowest BCUT2D eigenvalue weighted by Crippen LogP contribution is -2.48. The van der Waals surface area contributed by atoms with E-state index >= 15 is 0 Å². The number of sulfonamides is 1. The smallest absolute Gasteiger partial charge is 0.261 e. The molecule has 2 heterocycles. The second kappa shape index (κ2) is 7.56. The fourth-order valence-corrected chi connectivity index (χ4v) is 5.21. The van der Waals surface area contributed by atoms with E-state index in [1.54, 1.807) is 48.5 Å². The number of amides is 1. The van der Waals surface area contributed by atoms with Gasteiger partial charge in [-0.2, -0.15) is 0 Å². The van der Waals surface area contributed by atoms with Crippen molar-refractivity contribution in [2.75, 3.05) is 4.72 Å². The maximum atomic E-state index is 12.9. The Bertz CT molecular complexity index is 961. The number of hydrogen-bond donors (Lipinski definition) is 3. The van der Waals surface area contributed by atoms with Gasteiger partial charge in [0.25, 0.3) is 15.9 Å². The molecule has 2 bridgehead atoms. The summed E-state index contributed by atoms with van der Waals surface area (Å²) >= 11 is 0. The molecule has 2 unspecified atom stereocenters. The Balaban J connectivity index is 1.51. The first-order chi connectivity index (χ1) is 13.4. The number of benzene rings is 2. The zero-order valence-corrected chi connectivity index (χ0v) is 16.6. The molecule has 0 radical (unpaired) electrons. The molecule has 28 heavy (non-hydrogen) atoms. The normalized spacial score (nSPS) is 24.0. The standard InChI is InChI=1S/C21H25N3O3S/c1-14-6-10-18(11-7-14)28(26,27)24-20-5-3-2-4-19(20)21(25)23-17-12-15-8-9-16(13-17)22-15/h2-7,10-11,15-17,22,24H,8-9,12-13H2,1H3,(H,23,25). The van der Waals surface area contributed by atoms with Crippen LogP contribution in [-0.2, 0) is 10.0 Å². The fourth-order valence-electron chi connectivity index (χ4n) is 4.13. The number of rotatable bonds is 5. The maximum Gasteiger partial charge on any atom is 0.261 e. The van der Waals surface area contributed by atoms with E-state index in [1.807, 2.05) is 6.92 Å². The minimum Gasteiger partial charge on any atom is -0.349 e. The Kier molecular flexibility index (Phi) is 5.12. The number of aryl methyl sites for hydroxylation is 1. The van der Waals surface area contributed by atoms with Crippen molar-refractivity contribution in [3.63, 3.8) is 0 Å². The quantitative estimate of drug-likeness (QED) is 0.722. The van der Waals surface area contributed by atoms with Gasteiger partial charge in [-0.1, -0.05) is 29.8 Å². The van der Waals surface area contributed by atoms with Crippen molar-refractivity contribution < 1.29 is 13.2 Å². The molecular weight excluding hydrogens is 374 g/mol. The Morgan fingerprint density at radius 3 is 2.32 bits per heavy atom. The van der Waals surface area contributed by atoms with Crippen molar-refractivity contribution in [2.24, 2.45) is 0 Å². The summed E-state index contributed by atoms with van der Waals surface area (Å²) in [5, 5.41) is 6.65. The average molecular weight is 400 g/mol.